The molecular formula is C26H35NO3. The Kier molecular flexibility index (Phi) is 4.75. The van der Waals surface area contributed by atoms with E-state index in [2.05, 4.69) is 19.9 Å². The third-order valence-electron chi connectivity index (χ3n) is 9.51. The largest absolute Gasteiger partial charge is 0.457 e. The summed E-state index contributed by atoms with van der Waals surface area (Å²) in [6.07, 6.45) is 16.3. The predicted molar refractivity (Wildman–Crippen MR) is 116 cm³/mol. The quantitative estimate of drug-likeness (QED) is 0.614. The van der Waals surface area contributed by atoms with Crippen molar-refractivity contribution < 1.29 is 14.3 Å². The molecule has 162 valence electrons. The van der Waals surface area contributed by atoms with Gasteiger partial charge in [0.15, 0.2) is 5.78 Å². The maximum Gasteiger partial charge on any atom is 0.354 e. The van der Waals surface area contributed by atoms with E-state index in [1.54, 1.807) is 0 Å². The highest BCUT2D eigenvalue weighted by molar-refractivity contribution is 5.91. The third-order valence-corrected chi connectivity index (χ3v) is 9.51. The van der Waals surface area contributed by atoms with Crippen LogP contribution in [0.2, 0.25) is 0 Å². The first-order chi connectivity index (χ1) is 14.3. The van der Waals surface area contributed by atoms with E-state index in [1.807, 2.05) is 30.2 Å². The molecule has 0 spiro atoms. The van der Waals surface area contributed by atoms with Crippen LogP contribution in [0.15, 0.2) is 35.6 Å². The number of carbonyl (C=O) groups excluding carboxylic acids is 2. The minimum atomic E-state index is -0.164. The van der Waals surface area contributed by atoms with Crippen molar-refractivity contribution in [3.05, 3.63) is 35.6 Å². The lowest BCUT2D eigenvalue weighted by molar-refractivity contribution is -0.156. The second-order valence-corrected chi connectivity index (χ2v) is 10.8. The van der Waals surface area contributed by atoms with E-state index in [1.165, 1.54) is 24.8 Å². The highest BCUT2D eigenvalue weighted by atomic mass is 16.5. The summed E-state index contributed by atoms with van der Waals surface area (Å²) in [6.45, 7) is 5.57. The van der Waals surface area contributed by atoms with Crippen LogP contribution in [0.4, 0.5) is 0 Å². The van der Waals surface area contributed by atoms with Gasteiger partial charge in [-0.25, -0.2) is 4.79 Å². The van der Waals surface area contributed by atoms with Crippen LogP contribution in [0.3, 0.4) is 0 Å². The van der Waals surface area contributed by atoms with Gasteiger partial charge in [-0.3, -0.25) is 4.79 Å². The molecule has 3 saturated carbocycles. The van der Waals surface area contributed by atoms with E-state index < -0.39 is 0 Å². The molecule has 5 rings (SSSR count). The van der Waals surface area contributed by atoms with Gasteiger partial charge in [0, 0.05) is 25.4 Å². The molecule has 1 heterocycles. The predicted octanol–water partition coefficient (Wildman–Crippen LogP) is 4.82. The molecule has 0 aromatic rings. The van der Waals surface area contributed by atoms with Crippen molar-refractivity contribution in [3.8, 4) is 0 Å². The molecule has 0 saturated heterocycles. The van der Waals surface area contributed by atoms with Crippen molar-refractivity contribution in [2.24, 2.45) is 28.6 Å². The zero-order valence-corrected chi connectivity index (χ0v) is 18.7. The van der Waals surface area contributed by atoms with Crippen LogP contribution in [0, 0.1) is 28.6 Å². The number of likely N-dealkylation sites (N-methyl/N-ethyl adjacent to an activating group) is 1. The zero-order valence-electron chi connectivity index (χ0n) is 18.7. The number of fused-ring (bicyclic) bond motifs is 5. The standard InChI is InChI=1S/C26H35NO3/c1-25-13-11-18(28)16-17(25)7-8-19-20-9-10-23(26(20,2)14-12-21(19)25)30-24(29)22-6-4-5-15-27(22)3/h4-6,16,19-21,23H,7-15H2,1-3H3/t19-,20-,21-,23-,25-,26-/m0/s1. The van der Waals surface area contributed by atoms with Gasteiger partial charge in [-0.2, -0.15) is 0 Å². The van der Waals surface area contributed by atoms with Gasteiger partial charge in [-0.05, 0) is 80.3 Å². The SMILES string of the molecule is CN1CC=CC=C1C(=O)O[C@H]1CC[C@H]2[C@@H]3CCC4=CC(=O)CC[C@]4(C)[C@H]3CC[C@]12C. The van der Waals surface area contributed by atoms with E-state index in [4.69, 9.17) is 4.74 Å². The number of nitrogens with zero attached hydrogens (tertiary/aromatic N) is 1. The average Bonchev–Trinajstić information content (AvgIpc) is 3.05. The van der Waals surface area contributed by atoms with Crippen molar-refractivity contribution in [3.63, 3.8) is 0 Å². The smallest absolute Gasteiger partial charge is 0.354 e. The van der Waals surface area contributed by atoms with Crippen LogP contribution < -0.4 is 0 Å². The molecule has 4 nitrogen and oxygen atoms in total. The number of ether oxygens (including phenoxy) is 1. The highest BCUT2D eigenvalue weighted by Gasteiger charge is 2.60. The van der Waals surface area contributed by atoms with Gasteiger partial charge in [0.05, 0.1) is 0 Å². The number of esters is 1. The minimum Gasteiger partial charge on any atom is -0.457 e. The van der Waals surface area contributed by atoms with Gasteiger partial charge in [0.1, 0.15) is 11.8 Å². The summed E-state index contributed by atoms with van der Waals surface area (Å²) in [6, 6.07) is 0. The van der Waals surface area contributed by atoms with Gasteiger partial charge in [-0.1, -0.05) is 31.6 Å². The molecule has 0 bridgehead atoms. The van der Waals surface area contributed by atoms with Gasteiger partial charge >= 0.3 is 5.97 Å². The van der Waals surface area contributed by atoms with Gasteiger partial charge in [0.2, 0.25) is 0 Å². The Bertz CT molecular complexity index is 854. The molecule has 0 N–H and O–H groups in total. The Morgan fingerprint density at radius 1 is 1.10 bits per heavy atom. The second-order valence-electron chi connectivity index (χ2n) is 10.8. The first kappa shape index (κ1) is 20.1. The Balaban J connectivity index is 1.35. The van der Waals surface area contributed by atoms with Crippen molar-refractivity contribution in [2.45, 2.75) is 71.3 Å². The summed E-state index contributed by atoms with van der Waals surface area (Å²) in [5, 5.41) is 0. The van der Waals surface area contributed by atoms with Gasteiger partial charge < -0.3 is 9.64 Å². The van der Waals surface area contributed by atoms with E-state index in [9.17, 15) is 9.59 Å². The van der Waals surface area contributed by atoms with Crippen LogP contribution in [0.5, 0.6) is 0 Å². The van der Waals surface area contributed by atoms with E-state index in [0.29, 0.717) is 35.7 Å². The lowest BCUT2D eigenvalue weighted by Gasteiger charge is -2.57. The molecule has 0 aromatic carbocycles. The Morgan fingerprint density at radius 2 is 1.93 bits per heavy atom. The molecule has 6 atom stereocenters. The lowest BCUT2D eigenvalue weighted by atomic mass is 9.47. The summed E-state index contributed by atoms with van der Waals surface area (Å²) in [5.74, 6) is 2.16. The van der Waals surface area contributed by atoms with Gasteiger partial charge in [0.25, 0.3) is 0 Å². The van der Waals surface area contributed by atoms with Crippen LogP contribution >= 0.6 is 0 Å². The summed E-state index contributed by atoms with van der Waals surface area (Å²) in [4.78, 5) is 26.9. The number of hydrogen-bond acceptors (Lipinski definition) is 4. The topological polar surface area (TPSA) is 46.6 Å². The number of ketones is 1. The van der Waals surface area contributed by atoms with E-state index >= 15 is 0 Å². The number of carbonyl (C=O) groups is 2. The molecule has 0 radical (unpaired) electrons. The zero-order chi connectivity index (χ0) is 21.1. The van der Waals surface area contributed by atoms with Crippen LogP contribution in [0.1, 0.15) is 65.2 Å². The number of hydrogen-bond donors (Lipinski definition) is 0. The summed E-state index contributed by atoms with van der Waals surface area (Å²) < 4.78 is 6.18. The monoisotopic (exact) mass is 409 g/mol. The third kappa shape index (κ3) is 2.93. The molecule has 0 amide bonds. The maximum atomic E-state index is 12.9. The fourth-order valence-electron chi connectivity index (χ4n) is 7.72. The Hall–Kier alpha value is -1.84. The van der Waals surface area contributed by atoms with E-state index in [-0.39, 0.29) is 22.9 Å². The molecule has 4 heteroatoms. The van der Waals surface area contributed by atoms with Crippen LogP contribution in [-0.4, -0.2) is 36.3 Å². The normalized spacial score (nSPS) is 42.6. The molecule has 30 heavy (non-hydrogen) atoms. The first-order valence-corrected chi connectivity index (χ1v) is 11.9. The molecule has 0 aromatic heterocycles. The van der Waals surface area contributed by atoms with Crippen LogP contribution in [-0.2, 0) is 14.3 Å². The Labute approximate surface area is 180 Å². The Morgan fingerprint density at radius 3 is 2.73 bits per heavy atom. The molecule has 4 aliphatic carbocycles. The number of allylic oxidation sites excluding steroid dienone is 3. The first-order valence-electron chi connectivity index (χ1n) is 11.9. The molecule has 1 aliphatic heterocycles. The van der Waals surface area contributed by atoms with E-state index in [0.717, 1.165) is 32.2 Å². The molecular weight excluding hydrogens is 374 g/mol. The van der Waals surface area contributed by atoms with Crippen molar-refractivity contribution in [2.75, 3.05) is 13.6 Å². The van der Waals surface area contributed by atoms with Crippen molar-refractivity contribution in [1.29, 1.82) is 0 Å². The summed E-state index contributed by atoms with van der Waals surface area (Å²) in [7, 11) is 1.95. The number of rotatable bonds is 2. The van der Waals surface area contributed by atoms with Crippen molar-refractivity contribution >= 4 is 11.8 Å². The lowest BCUT2D eigenvalue weighted by Crippen LogP contribution is -2.51. The molecule has 0 unspecified atom stereocenters. The highest BCUT2D eigenvalue weighted by Crippen LogP contribution is 2.65. The van der Waals surface area contributed by atoms with Crippen LogP contribution in [0.25, 0.3) is 0 Å². The summed E-state index contributed by atoms with van der Waals surface area (Å²) >= 11 is 0. The fourth-order valence-corrected chi connectivity index (χ4v) is 7.72. The maximum absolute atomic E-state index is 12.9. The van der Waals surface area contributed by atoms with Crippen molar-refractivity contribution in [1.82, 2.24) is 4.90 Å². The molecule has 3 fully saturated rings. The fraction of sp³-hybridized carbons (Fsp3) is 0.692. The summed E-state index contributed by atoms with van der Waals surface area (Å²) in [5.41, 5.74) is 2.38. The van der Waals surface area contributed by atoms with Gasteiger partial charge in [-0.15, -0.1) is 0 Å². The average molecular weight is 410 g/mol. The second kappa shape index (κ2) is 7.10. The molecule has 5 aliphatic rings. The minimum absolute atomic E-state index is 0.0221.